The first kappa shape index (κ1) is 12.8. The van der Waals surface area contributed by atoms with Crippen molar-refractivity contribution in [3.8, 4) is 5.75 Å². The molecule has 0 aliphatic carbocycles. The molecule has 90 valence electrons. The maximum absolute atomic E-state index is 11.7. The molecular formula is C8H7F3O4S. The van der Waals surface area contributed by atoms with Crippen molar-refractivity contribution < 1.29 is 30.0 Å². The number of hydrogen-bond donors (Lipinski definition) is 0. The second-order valence-corrected chi connectivity index (χ2v) is 3.90. The maximum atomic E-state index is 11.7. The summed E-state index contributed by atoms with van der Waals surface area (Å²) in [5.41, 5.74) is 0. The van der Waals surface area contributed by atoms with E-state index in [1.54, 1.807) is 6.07 Å². The zero-order chi connectivity index (χ0) is 12.2. The van der Waals surface area contributed by atoms with E-state index in [-0.39, 0.29) is 5.75 Å². The van der Waals surface area contributed by atoms with Crippen LogP contribution in [-0.2, 0) is 14.6 Å². The van der Waals surface area contributed by atoms with Gasteiger partial charge < -0.3 is 4.18 Å². The van der Waals surface area contributed by atoms with Crippen LogP contribution in [0.25, 0.3) is 0 Å². The Bertz CT molecular complexity index is 426. The molecule has 1 rings (SSSR count). The van der Waals surface area contributed by atoms with Crippen molar-refractivity contribution in [3.63, 3.8) is 0 Å². The molecule has 0 amide bonds. The Balaban J connectivity index is 2.60. The Morgan fingerprint density at radius 1 is 1.12 bits per heavy atom. The van der Waals surface area contributed by atoms with Gasteiger partial charge in [-0.05, 0) is 12.1 Å². The van der Waals surface area contributed by atoms with E-state index in [0.29, 0.717) is 0 Å². The van der Waals surface area contributed by atoms with Gasteiger partial charge in [0.05, 0.1) is 0 Å². The van der Waals surface area contributed by atoms with Gasteiger partial charge in [-0.2, -0.15) is 21.6 Å². The molecule has 0 saturated heterocycles. The van der Waals surface area contributed by atoms with E-state index in [2.05, 4.69) is 8.37 Å². The summed E-state index contributed by atoms with van der Waals surface area (Å²) < 4.78 is 64.7. The van der Waals surface area contributed by atoms with Gasteiger partial charge in [-0.15, -0.1) is 0 Å². The second kappa shape index (κ2) is 4.71. The minimum atomic E-state index is -4.73. The van der Waals surface area contributed by atoms with Gasteiger partial charge in [-0.25, -0.2) is 4.18 Å². The summed E-state index contributed by atoms with van der Waals surface area (Å²) >= 11 is 0. The van der Waals surface area contributed by atoms with E-state index in [4.69, 9.17) is 0 Å². The topological polar surface area (TPSA) is 52.6 Å². The third kappa shape index (κ3) is 4.99. The quantitative estimate of drug-likeness (QED) is 0.825. The molecule has 1 aromatic carbocycles. The third-order valence-corrected chi connectivity index (χ3v) is 2.11. The van der Waals surface area contributed by atoms with E-state index >= 15 is 0 Å². The molecule has 0 fully saturated rings. The van der Waals surface area contributed by atoms with Crippen LogP contribution in [0, 0.1) is 0 Å². The van der Waals surface area contributed by atoms with Crippen LogP contribution in [0.15, 0.2) is 30.3 Å². The van der Waals surface area contributed by atoms with Crippen molar-refractivity contribution in [1.29, 1.82) is 0 Å². The summed E-state index contributed by atoms with van der Waals surface area (Å²) in [6.45, 7) is -1.91. The Labute approximate surface area is 89.9 Å². The lowest BCUT2D eigenvalue weighted by atomic mass is 10.3. The molecule has 0 radical (unpaired) electrons. The zero-order valence-electron chi connectivity index (χ0n) is 7.77. The van der Waals surface area contributed by atoms with Gasteiger partial charge >= 0.3 is 16.6 Å². The van der Waals surface area contributed by atoms with Crippen LogP contribution < -0.4 is 4.18 Å². The zero-order valence-corrected chi connectivity index (χ0v) is 8.59. The van der Waals surface area contributed by atoms with Crippen molar-refractivity contribution in [2.75, 3.05) is 6.61 Å². The van der Waals surface area contributed by atoms with E-state index < -0.39 is 23.2 Å². The number of benzene rings is 1. The Kier molecular flexibility index (Phi) is 3.76. The van der Waals surface area contributed by atoms with Crippen LogP contribution in [-0.4, -0.2) is 21.2 Å². The van der Waals surface area contributed by atoms with Crippen molar-refractivity contribution in [2.45, 2.75) is 6.18 Å². The van der Waals surface area contributed by atoms with Gasteiger partial charge in [0, 0.05) is 0 Å². The minimum absolute atomic E-state index is 0.121. The van der Waals surface area contributed by atoms with Crippen LogP contribution in [0.2, 0.25) is 0 Å². The van der Waals surface area contributed by atoms with Gasteiger partial charge in [-0.3, -0.25) is 0 Å². The van der Waals surface area contributed by atoms with Crippen molar-refractivity contribution >= 4 is 10.4 Å². The SMILES string of the molecule is O=S(=O)(OCC(F)(F)F)Oc1ccccc1. The first-order valence-electron chi connectivity index (χ1n) is 3.99. The van der Waals surface area contributed by atoms with Gasteiger partial charge in [0.25, 0.3) is 0 Å². The van der Waals surface area contributed by atoms with Crippen LogP contribution in [0.5, 0.6) is 5.75 Å². The summed E-state index contributed by atoms with van der Waals surface area (Å²) in [6, 6.07) is 7.07. The molecule has 1 aromatic rings. The highest BCUT2D eigenvalue weighted by Gasteiger charge is 2.31. The molecule has 16 heavy (non-hydrogen) atoms. The standard InChI is InChI=1S/C8H7F3O4S/c9-8(10,11)6-14-16(12,13)15-7-4-2-1-3-5-7/h1-5H,6H2. The monoisotopic (exact) mass is 256 g/mol. The number of para-hydroxylation sites is 1. The van der Waals surface area contributed by atoms with Crippen LogP contribution in [0.4, 0.5) is 13.2 Å². The molecule has 0 bridgehead atoms. The lowest BCUT2D eigenvalue weighted by molar-refractivity contribution is -0.153. The van der Waals surface area contributed by atoms with Crippen molar-refractivity contribution in [2.24, 2.45) is 0 Å². The summed E-state index contributed by atoms with van der Waals surface area (Å²) in [4.78, 5) is 0. The second-order valence-electron chi connectivity index (χ2n) is 2.68. The van der Waals surface area contributed by atoms with E-state index in [0.717, 1.165) is 0 Å². The average Bonchev–Trinajstić information content (AvgIpc) is 2.15. The molecule has 0 spiro atoms. The summed E-state index contributed by atoms with van der Waals surface area (Å²) in [7, 11) is -4.69. The number of hydrogen-bond acceptors (Lipinski definition) is 4. The predicted molar refractivity (Wildman–Crippen MR) is 48.0 cm³/mol. The van der Waals surface area contributed by atoms with Crippen LogP contribution >= 0.6 is 0 Å². The molecule has 0 unspecified atom stereocenters. The molecule has 4 nitrogen and oxygen atoms in total. The Morgan fingerprint density at radius 3 is 2.19 bits per heavy atom. The highest BCUT2D eigenvalue weighted by molar-refractivity contribution is 7.82. The molecule has 0 saturated carbocycles. The largest absolute Gasteiger partial charge is 0.449 e. The maximum Gasteiger partial charge on any atom is 0.449 e. The van der Waals surface area contributed by atoms with E-state index in [1.807, 2.05) is 0 Å². The van der Waals surface area contributed by atoms with Gasteiger partial charge in [0.1, 0.15) is 5.75 Å². The van der Waals surface area contributed by atoms with Crippen LogP contribution in [0.1, 0.15) is 0 Å². The smallest absolute Gasteiger partial charge is 0.362 e. The summed E-state index contributed by atoms with van der Waals surface area (Å²) in [6.07, 6.45) is -4.73. The summed E-state index contributed by atoms with van der Waals surface area (Å²) in [5.74, 6) is -0.121. The fourth-order valence-electron chi connectivity index (χ4n) is 0.757. The van der Waals surface area contributed by atoms with Crippen LogP contribution in [0.3, 0.4) is 0 Å². The van der Waals surface area contributed by atoms with Gasteiger partial charge in [0.2, 0.25) is 0 Å². The lowest BCUT2D eigenvalue weighted by Crippen LogP contribution is -2.23. The van der Waals surface area contributed by atoms with Gasteiger partial charge in [-0.1, -0.05) is 18.2 Å². The number of rotatable bonds is 4. The fraction of sp³-hybridized carbons (Fsp3) is 0.250. The summed E-state index contributed by atoms with van der Waals surface area (Å²) in [5, 5.41) is 0. The average molecular weight is 256 g/mol. The minimum Gasteiger partial charge on any atom is -0.362 e. The molecule has 0 aromatic heterocycles. The Hall–Kier alpha value is -1.28. The molecule has 8 heteroatoms. The number of alkyl halides is 3. The Morgan fingerprint density at radius 2 is 1.69 bits per heavy atom. The highest BCUT2D eigenvalue weighted by atomic mass is 32.3. The normalized spacial score (nSPS) is 12.4. The molecular weight excluding hydrogens is 249 g/mol. The molecule has 0 N–H and O–H groups in total. The third-order valence-electron chi connectivity index (χ3n) is 1.31. The van der Waals surface area contributed by atoms with E-state index in [9.17, 15) is 21.6 Å². The lowest BCUT2D eigenvalue weighted by Gasteiger charge is -2.08. The van der Waals surface area contributed by atoms with E-state index in [1.165, 1.54) is 24.3 Å². The predicted octanol–water partition coefficient (Wildman–Crippen LogP) is 1.89. The molecule has 0 heterocycles. The first-order valence-corrected chi connectivity index (χ1v) is 5.32. The highest BCUT2D eigenvalue weighted by Crippen LogP contribution is 2.18. The number of halogens is 3. The molecule has 0 aliphatic rings. The fourth-order valence-corrected chi connectivity index (χ4v) is 1.43. The first-order chi connectivity index (χ1) is 7.29. The van der Waals surface area contributed by atoms with Crippen molar-refractivity contribution in [1.82, 2.24) is 0 Å². The van der Waals surface area contributed by atoms with Gasteiger partial charge in [0.15, 0.2) is 6.61 Å². The molecule has 0 atom stereocenters. The molecule has 0 aliphatic heterocycles. The van der Waals surface area contributed by atoms with Crippen molar-refractivity contribution in [3.05, 3.63) is 30.3 Å².